The van der Waals surface area contributed by atoms with Crippen LogP contribution in [-0.4, -0.2) is 74.4 Å². The Kier molecular flexibility index (Phi) is 7.65. The van der Waals surface area contributed by atoms with Gasteiger partial charge in [-0.1, -0.05) is 30.3 Å². The Morgan fingerprint density at radius 2 is 1.78 bits per heavy atom. The number of carbonyl (C=O) groups is 1. The highest BCUT2D eigenvalue weighted by molar-refractivity contribution is 5.89. The molecule has 2 aliphatic rings. The number of aliphatic hydroxyl groups is 3. The number of aliphatic hydroxyl groups excluding tert-OH is 3. The van der Waals surface area contributed by atoms with E-state index in [1.165, 1.54) is 0 Å². The summed E-state index contributed by atoms with van der Waals surface area (Å²) in [7, 11) is 0. The van der Waals surface area contributed by atoms with Crippen molar-refractivity contribution in [3.63, 3.8) is 0 Å². The number of benzene rings is 2. The maximum Gasteiger partial charge on any atom is 0.252 e. The van der Waals surface area contributed by atoms with Crippen LogP contribution in [0.1, 0.15) is 19.3 Å². The molecule has 1 amide bonds. The van der Waals surface area contributed by atoms with Gasteiger partial charge in [0.1, 0.15) is 35.0 Å². The molecule has 0 bridgehead atoms. The average Bonchev–Trinajstić information content (AvgIpc) is 3.74. The lowest BCUT2D eigenvalue weighted by molar-refractivity contribution is -0.267. The molecule has 1 saturated heterocycles. The van der Waals surface area contributed by atoms with E-state index in [1.807, 2.05) is 0 Å². The number of phenols is 2. The lowest BCUT2D eigenvalue weighted by atomic mass is 9.98. The van der Waals surface area contributed by atoms with Crippen molar-refractivity contribution < 1.29 is 44.2 Å². The number of aromatic hydroxyl groups is 2. The van der Waals surface area contributed by atoms with Gasteiger partial charge in [-0.2, -0.15) is 10.2 Å². The first kappa shape index (κ1) is 28.1. The molecule has 2 aliphatic heterocycles. The van der Waals surface area contributed by atoms with Crippen molar-refractivity contribution in [3.8, 4) is 40.9 Å². The van der Waals surface area contributed by atoms with Crippen LogP contribution in [0.2, 0.25) is 0 Å². The van der Waals surface area contributed by atoms with Crippen LogP contribution in [0.25, 0.3) is 22.3 Å². The molecule has 0 saturated carbocycles. The van der Waals surface area contributed by atoms with Crippen molar-refractivity contribution >= 4 is 16.9 Å². The predicted molar refractivity (Wildman–Crippen MR) is 142 cm³/mol. The summed E-state index contributed by atoms with van der Waals surface area (Å²) in [5.74, 6) is -0.332. The number of nitrogens with one attached hydrogen (secondary N) is 1. The molecule has 0 radical (unpaired) electrons. The van der Waals surface area contributed by atoms with Crippen LogP contribution in [0.3, 0.4) is 0 Å². The molecule has 5 atom stereocenters. The van der Waals surface area contributed by atoms with Gasteiger partial charge in [0, 0.05) is 43.5 Å². The summed E-state index contributed by atoms with van der Waals surface area (Å²) in [6.45, 7) is 0.106. The van der Waals surface area contributed by atoms with Crippen LogP contribution < -0.4 is 15.5 Å². The van der Waals surface area contributed by atoms with Crippen LogP contribution >= 0.6 is 0 Å². The Hall–Kier alpha value is -4.48. The third-order valence-electron chi connectivity index (χ3n) is 6.94. The number of terminal acetylenes is 1. The highest BCUT2D eigenvalue weighted by Gasteiger charge is 2.48. The van der Waals surface area contributed by atoms with E-state index in [1.54, 1.807) is 30.3 Å². The van der Waals surface area contributed by atoms with E-state index < -0.39 is 65.0 Å². The maximum atomic E-state index is 12.8. The summed E-state index contributed by atoms with van der Waals surface area (Å²) >= 11 is 0. The van der Waals surface area contributed by atoms with Crippen molar-refractivity contribution in [3.05, 3.63) is 52.7 Å². The zero-order valence-electron chi connectivity index (χ0n) is 21.5. The number of nitrogens with zero attached hydrogens (tertiary/aromatic N) is 2. The summed E-state index contributed by atoms with van der Waals surface area (Å²) in [5.41, 5.74) is -0.875. The molecule has 3 aromatic rings. The van der Waals surface area contributed by atoms with Gasteiger partial charge in [-0.05, 0) is 0 Å². The van der Waals surface area contributed by atoms with E-state index in [0.717, 1.165) is 12.1 Å². The number of phenolic OH excluding ortho intramolecular Hbond substituents is 2. The van der Waals surface area contributed by atoms with E-state index in [0.29, 0.717) is 24.8 Å². The van der Waals surface area contributed by atoms with Gasteiger partial charge in [-0.15, -0.1) is 12.3 Å². The first-order valence-electron chi connectivity index (χ1n) is 12.7. The highest BCUT2D eigenvalue weighted by Crippen LogP contribution is 2.42. The number of hydrogen-bond acceptors (Lipinski definition) is 12. The lowest BCUT2D eigenvalue weighted by Gasteiger charge is -2.39. The fourth-order valence-corrected chi connectivity index (χ4v) is 4.55. The summed E-state index contributed by atoms with van der Waals surface area (Å²) < 4.78 is 16.8. The van der Waals surface area contributed by atoms with Crippen LogP contribution in [-0.2, 0) is 9.53 Å². The Morgan fingerprint density at radius 1 is 1.05 bits per heavy atom. The monoisotopic (exact) mass is 565 g/mol. The number of hydrogen-bond donors (Lipinski definition) is 6. The molecule has 0 aliphatic carbocycles. The van der Waals surface area contributed by atoms with Crippen LogP contribution in [0, 0.1) is 12.3 Å². The molecule has 13 heteroatoms. The summed E-state index contributed by atoms with van der Waals surface area (Å²) in [6, 6.07) is 10.9. The lowest BCUT2D eigenvalue weighted by Crippen LogP contribution is -2.62. The first-order valence-corrected chi connectivity index (χ1v) is 12.7. The number of fused-ring (bicyclic) bond motifs is 1. The van der Waals surface area contributed by atoms with Crippen molar-refractivity contribution in [1.82, 2.24) is 5.32 Å². The van der Waals surface area contributed by atoms with Gasteiger partial charge < -0.3 is 44.7 Å². The zero-order valence-corrected chi connectivity index (χ0v) is 21.5. The number of carbonyl (C=O) groups excluding carboxylic acids is 1. The second kappa shape index (κ2) is 11.2. The molecule has 1 aromatic heterocycles. The zero-order chi connectivity index (χ0) is 29.3. The van der Waals surface area contributed by atoms with E-state index in [-0.39, 0.29) is 23.3 Å². The molecular weight excluding hydrogens is 538 g/mol. The minimum atomic E-state index is -1.88. The van der Waals surface area contributed by atoms with E-state index in [2.05, 4.69) is 21.5 Å². The van der Waals surface area contributed by atoms with Gasteiger partial charge >= 0.3 is 0 Å². The number of rotatable bonds is 9. The quantitative estimate of drug-likeness (QED) is 0.161. The van der Waals surface area contributed by atoms with Gasteiger partial charge in [0.25, 0.3) is 5.91 Å². The maximum absolute atomic E-state index is 12.8. The molecule has 0 unspecified atom stereocenters. The van der Waals surface area contributed by atoms with E-state index >= 15 is 0 Å². The molecular formula is C28H27N3O10. The SMILES string of the molecule is C#CCCC1(CCNC(=O)[C@H]2O[C@@H](Oc3cc4oc(-c5ccccc5)cc(=O)c4c(O)c3O)[C@H](O)[C@@H](O)[C@@H]2O)N=N1. The van der Waals surface area contributed by atoms with Gasteiger partial charge in [-0.25, -0.2) is 0 Å². The Bertz CT molecular complexity index is 1580. The largest absolute Gasteiger partial charge is 0.504 e. The van der Waals surface area contributed by atoms with Crippen molar-refractivity contribution in [1.29, 1.82) is 0 Å². The Labute approximate surface area is 232 Å². The third-order valence-corrected chi connectivity index (χ3v) is 6.94. The molecule has 41 heavy (non-hydrogen) atoms. The number of ether oxygens (including phenoxy) is 2. The molecule has 13 nitrogen and oxygen atoms in total. The predicted octanol–water partition coefficient (Wildman–Crippen LogP) is 1.14. The Morgan fingerprint density at radius 3 is 2.46 bits per heavy atom. The molecule has 1 fully saturated rings. The topological polar surface area (TPSA) is 204 Å². The average molecular weight is 566 g/mol. The molecule has 6 N–H and O–H groups in total. The van der Waals surface area contributed by atoms with Crippen molar-refractivity contribution in [2.24, 2.45) is 10.2 Å². The van der Waals surface area contributed by atoms with Crippen molar-refractivity contribution in [2.75, 3.05) is 6.54 Å². The van der Waals surface area contributed by atoms with Crippen molar-refractivity contribution in [2.45, 2.75) is 55.6 Å². The molecule has 3 heterocycles. The normalized spacial score (nSPS) is 24.5. The fraction of sp³-hybridized carbons (Fsp3) is 0.357. The minimum Gasteiger partial charge on any atom is -0.504 e. The fourth-order valence-electron chi connectivity index (χ4n) is 4.55. The van der Waals surface area contributed by atoms with Crippen LogP contribution in [0.4, 0.5) is 0 Å². The number of amides is 1. The molecule has 0 spiro atoms. The second-order valence-corrected chi connectivity index (χ2v) is 9.73. The summed E-state index contributed by atoms with van der Waals surface area (Å²) in [6.07, 6.45) is -2.41. The van der Waals surface area contributed by atoms with E-state index in [9.17, 15) is 35.1 Å². The molecule has 214 valence electrons. The third kappa shape index (κ3) is 5.59. The smallest absolute Gasteiger partial charge is 0.252 e. The molecule has 2 aromatic carbocycles. The van der Waals surface area contributed by atoms with Gasteiger partial charge in [0.2, 0.25) is 12.0 Å². The Balaban J connectivity index is 1.35. The highest BCUT2D eigenvalue weighted by atomic mass is 16.7. The van der Waals surface area contributed by atoms with Crippen LogP contribution in [0.15, 0.2) is 61.9 Å². The first-order chi connectivity index (χ1) is 19.6. The summed E-state index contributed by atoms with van der Waals surface area (Å²) in [4.78, 5) is 25.5. The minimum absolute atomic E-state index is 0.106. The standard InChI is InChI=1S/C28H27N3O10/c1-2-3-9-28(30-31-28)10-11-29-26(38)25-23(36)22(35)24(37)27(41-25)40-18-13-17-19(21(34)20(18)33)15(32)12-16(39-17)14-7-5-4-6-8-14/h1,4-8,12-13,22-25,27,33-37H,3,9-11H2,(H,29,38)/t22-,23-,24+,25-,27+/m0/s1. The van der Waals surface area contributed by atoms with E-state index in [4.69, 9.17) is 20.3 Å². The van der Waals surface area contributed by atoms with Crippen LogP contribution in [0.5, 0.6) is 17.2 Å². The van der Waals surface area contributed by atoms with Gasteiger partial charge in [0.15, 0.2) is 28.7 Å². The second-order valence-electron chi connectivity index (χ2n) is 9.73. The molecule has 5 rings (SSSR count). The summed E-state index contributed by atoms with van der Waals surface area (Å²) in [5, 5.41) is 62.6. The van der Waals surface area contributed by atoms with Gasteiger partial charge in [0.05, 0.1) is 0 Å². The van der Waals surface area contributed by atoms with Gasteiger partial charge in [-0.3, -0.25) is 9.59 Å².